The van der Waals surface area contributed by atoms with Crippen LogP contribution in [-0.2, 0) is 10.0 Å². The fraction of sp³-hybridized carbons (Fsp3) is 0.0833. The van der Waals surface area contributed by atoms with Crippen molar-refractivity contribution < 1.29 is 8.42 Å². The summed E-state index contributed by atoms with van der Waals surface area (Å²) < 4.78 is 27.5. The minimum absolute atomic E-state index is 0.256. The summed E-state index contributed by atoms with van der Waals surface area (Å²) in [5, 5.41) is 0. The van der Waals surface area contributed by atoms with E-state index in [9.17, 15) is 8.42 Å². The van der Waals surface area contributed by atoms with E-state index in [0.717, 1.165) is 4.47 Å². The summed E-state index contributed by atoms with van der Waals surface area (Å²) in [4.78, 5) is 4.22. The Balaban J connectivity index is 2.37. The van der Waals surface area contributed by atoms with Crippen molar-refractivity contribution in [3.05, 3.63) is 52.6 Å². The highest BCUT2D eigenvalue weighted by molar-refractivity contribution is 9.10. The van der Waals surface area contributed by atoms with E-state index in [1.165, 1.54) is 6.20 Å². The van der Waals surface area contributed by atoms with Gasteiger partial charge in [0.05, 0.1) is 4.90 Å². The zero-order chi connectivity index (χ0) is 13.2. The molecule has 0 saturated carbocycles. The Kier molecular flexibility index (Phi) is 3.68. The molecule has 0 aliphatic heterocycles. The van der Waals surface area contributed by atoms with Crippen LogP contribution in [0.15, 0.2) is 52.0 Å². The zero-order valence-electron chi connectivity index (χ0n) is 9.59. The number of rotatable bonds is 3. The minimum Gasteiger partial charge on any atom is -0.263 e. The maximum Gasteiger partial charge on any atom is 0.263 e. The van der Waals surface area contributed by atoms with Gasteiger partial charge in [0.25, 0.3) is 10.0 Å². The third kappa shape index (κ3) is 2.88. The summed E-state index contributed by atoms with van der Waals surface area (Å²) in [7, 11) is -3.59. The summed E-state index contributed by atoms with van der Waals surface area (Å²) in [6.07, 6.45) is 1.53. The highest BCUT2D eigenvalue weighted by Crippen LogP contribution is 2.19. The molecular weight excluding hydrogens is 316 g/mol. The van der Waals surface area contributed by atoms with Crippen LogP contribution in [0, 0.1) is 6.92 Å². The number of anilines is 1. The molecule has 6 heteroatoms. The van der Waals surface area contributed by atoms with E-state index in [-0.39, 0.29) is 10.7 Å². The van der Waals surface area contributed by atoms with Gasteiger partial charge in [-0.15, -0.1) is 0 Å². The number of aromatic nitrogens is 1. The highest BCUT2D eigenvalue weighted by Gasteiger charge is 2.16. The second kappa shape index (κ2) is 5.07. The molecule has 94 valence electrons. The second-order valence-electron chi connectivity index (χ2n) is 3.73. The first-order valence-electron chi connectivity index (χ1n) is 5.19. The van der Waals surface area contributed by atoms with Gasteiger partial charge in [0.1, 0.15) is 5.82 Å². The van der Waals surface area contributed by atoms with Gasteiger partial charge in [-0.2, -0.15) is 0 Å². The first kappa shape index (κ1) is 13.0. The lowest BCUT2D eigenvalue weighted by atomic mass is 10.2. The highest BCUT2D eigenvalue weighted by atomic mass is 79.9. The predicted octanol–water partition coefficient (Wildman–Crippen LogP) is 2.95. The van der Waals surface area contributed by atoms with E-state index in [0.29, 0.717) is 5.56 Å². The van der Waals surface area contributed by atoms with Crippen LogP contribution >= 0.6 is 15.9 Å². The van der Waals surface area contributed by atoms with Crippen molar-refractivity contribution in [2.45, 2.75) is 11.8 Å². The summed E-state index contributed by atoms with van der Waals surface area (Å²) >= 11 is 3.27. The molecule has 1 heterocycles. The molecule has 0 atom stereocenters. The van der Waals surface area contributed by atoms with Crippen molar-refractivity contribution in [1.29, 1.82) is 0 Å². The molecule has 0 saturated heterocycles. The fourth-order valence-electron chi connectivity index (χ4n) is 1.51. The Hall–Kier alpha value is -1.40. The number of hydrogen-bond acceptors (Lipinski definition) is 3. The maximum atomic E-state index is 12.2. The van der Waals surface area contributed by atoms with Crippen molar-refractivity contribution in [2.75, 3.05) is 4.72 Å². The van der Waals surface area contributed by atoms with E-state index in [4.69, 9.17) is 0 Å². The summed E-state index contributed by atoms with van der Waals surface area (Å²) in [6.45, 7) is 1.75. The van der Waals surface area contributed by atoms with Crippen LogP contribution in [0.1, 0.15) is 5.56 Å². The Bertz CT molecular complexity index is 671. The fourth-order valence-corrected chi connectivity index (χ4v) is 3.09. The Morgan fingerprint density at radius 3 is 2.61 bits per heavy atom. The topological polar surface area (TPSA) is 59.1 Å². The smallest absolute Gasteiger partial charge is 0.263 e. The molecule has 4 nitrogen and oxygen atoms in total. The van der Waals surface area contributed by atoms with Crippen LogP contribution in [0.5, 0.6) is 0 Å². The van der Waals surface area contributed by atoms with Crippen molar-refractivity contribution in [2.24, 2.45) is 0 Å². The number of nitrogens with zero attached hydrogens (tertiary/aromatic N) is 1. The first-order chi connectivity index (χ1) is 8.49. The molecule has 0 spiro atoms. The van der Waals surface area contributed by atoms with E-state index < -0.39 is 10.0 Å². The van der Waals surface area contributed by atoms with Gasteiger partial charge in [-0.25, -0.2) is 13.4 Å². The van der Waals surface area contributed by atoms with Crippen LogP contribution in [0.2, 0.25) is 0 Å². The molecule has 1 N–H and O–H groups in total. The number of aryl methyl sites for hydroxylation is 1. The van der Waals surface area contributed by atoms with Gasteiger partial charge < -0.3 is 0 Å². The molecular formula is C12H11BrN2O2S. The van der Waals surface area contributed by atoms with Crippen LogP contribution in [0.3, 0.4) is 0 Å². The largest absolute Gasteiger partial charge is 0.263 e. The summed E-state index contributed by atoms with van der Waals surface area (Å²) in [5.74, 6) is 0.285. The quantitative estimate of drug-likeness (QED) is 0.943. The van der Waals surface area contributed by atoms with E-state index in [1.807, 2.05) is 0 Å². The van der Waals surface area contributed by atoms with E-state index in [1.54, 1.807) is 43.3 Å². The van der Waals surface area contributed by atoms with Crippen LogP contribution < -0.4 is 4.72 Å². The van der Waals surface area contributed by atoms with Crippen molar-refractivity contribution in [3.8, 4) is 0 Å². The molecule has 0 aliphatic carbocycles. The monoisotopic (exact) mass is 326 g/mol. The average Bonchev–Trinajstić information content (AvgIpc) is 2.28. The molecule has 0 fully saturated rings. The third-order valence-corrected chi connectivity index (χ3v) is 4.35. The van der Waals surface area contributed by atoms with Gasteiger partial charge in [-0.1, -0.05) is 34.1 Å². The Labute approximate surface area is 114 Å². The van der Waals surface area contributed by atoms with E-state index >= 15 is 0 Å². The normalized spacial score (nSPS) is 11.2. The van der Waals surface area contributed by atoms with Gasteiger partial charge >= 0.3 is 0 Å². The molecule has 0 amide bonds. The molecule has 1 aromatic carbocycles. The molecule has 0 radical (unpaired) electrons. The molecule has 18 heavy (non-hydrogen) atoms. The number of pyridine rings is 1. The lowest BCUT2D eigenvalue weighted by molar-refractivity contribution is 0.600. The Morgan fingerprint density at radius 2 is 1.94 bits per heavy atom. The molecule has 2 aromatic rings. The average molecular weight is 327 g/mol. The van der Waals surface area contributed by atoms with Gasteiger partial charge in [-0.05, 0) is 30.7 Å². The first-order valence-corrected chi connectivity index (χ1v) is 7.47. The lowest BCUT2D eigenvalue weighted by Crippen LogP contribution is -2.14. The van der Waals surface area contributed by atoms with Gasteiger partial charge in [0, 0.05) is 10.7 Å². The van der Waals surface area contributed by atoms with Crippen LogP contribution in [0.4, 0.5) is 5.82 Å². The predicted molar refractivity (Wildman–Crippen MR) is 73.9 cm³/mol. The van der Waals surface area contributed by atoms with Crippen LogP contribution in [0.25, 0.3) is 0 Å². The van der Waals surface area contributed by atoms with Crippen molar-refractivity contribution in [1.82, 2.24) is 4.98 Å². The molecule has 0 aliphatic rings. The SMILES string of the molecule is Cc1ccccc1S(=O)(=O)Nc1cc(Br)ccn1. The second-order valence-corrected chi connectivity index (χ2v) is 6.30. The molecule has 0 unspecified atom stereocenters. The number of nitrogens with one attached hydrogen (secondary N) is 1. The van der Waals surface area contributed by atoms with E-state index in [2.05, 4.69) is 25.6 Å². The van der Waals surface area contributed by atoms with Gasteiger partial charge in [0.15, 0.2) is 0 Å². The Morgan fingerprint density at radius 1 is 1.22 bits per heavy atom. The lowest BCUT2D eigenvalue weighted by Gasteiger charge is -2.09. The third-order valence-electron chi connectivity index (χ3n) is 2.34. The zero-order valence-corrected chi connectivity index (χ0v) is 12.0. The van der Waals surface area contributed by atoms with Crippen LogP contribution in [-0.4, -0.2) is 13.4 Å². The number of benzene rings is 1. The maximum absolute atomic E-state index is 12.2. The van der Waals surface area contributed by atoms with Crippen molar-refractivity contribution >= 4 is 31.8 Å². The number of halogens is 1. The number of hydrogen-bond donors (Lipinski definition) is 1. The summed E-state index contributed by atoms with van der Waals surface area (Å²) in [6, 6.07) is 10.1. The molecule has 2 rings (SSSR count). The number of sulfonamides is 1. The summed E-state index contributed by atoms with van der Waals surface area (Å²) in [5.41, 5.74) is 0.694. The minimum atomic E-state index is -3.59. The molecule has 0 bridgehead atoms. The van der Waals surface area contributed by atoms with Gasteiger partial charge in [0.2, 0.25) is 0 Å². The van der Waals surface area contributed by atoms with Gasteiger partial charge in [-0.3, -0.25) is 4.72 Å². The van der Waals surface area contributed by atoms with Crippen molar-refractivity contribution in [3.63, 3.8) is 0 Å². The molecule has 1 aromatic heterocycles. The standard InChI is InChI=1S/C12H11BrN2O2S/c1-9-4-2-3-5-11(9)18(16,17)15-12-8-10(13)6-7-14-12/h2-8H,1H3,(H,14,15).